The van der Waals surface area contributed by atoms with E-state index in [2.05, 4.69) is 11.4 Å². The zero-order chi connectivity index (χ0) is 8.39. The van der Waals surface area contributed by atoms with E-state index in [0.717, 1.165) is 6.42 Å². The van der Waals surface area contributed by atoms with Crippen molar-refractivity contribution < 1.29 is 0 Å². The van der Waals surface area contributed by atoms with Crippen molar-refractivity contribution in [3.8, 4) is 6.07 Å². The van der Waals surface area contributed by atoms with Crippen LogP contribution in [0.4, 0.5) is 0 Å². The standard InChI is InChI=1S/C10H11NS/c11-6-2-5-10-9-4-1-3-8(9)7-12-10/h7H,1-5H2. The second-order valence-corrected chi connectivity index (χ2v) is 4.14. The van der Waals surface area contributed by atoms with Crippen molar-refractivity contribution in [2.24, 2.45) is 0 Å². The van der Waals surface area contributed by atoms with Crippen molar-refractivity contribution >= 4 is 11.3 Å². The first-order chi connectivity index (χ1) is 5.92. The molecule has 0 saturated heterocycles. The SMILES string of the molecule is N#CCCc1scc2c1CCC2. The molecule has 1 nitrogen and oxygen atoms in total. The van der Waals surface area contributed by atoms with Gasteiger partial charge in [-0.1, -0.05) is 0 Å². The van der Waals surface area contributed by atoms with E-state index >= 15 is 0 Å². The maximum atomic E-state index is 8.47. The van der Waals surface area contributed by atoms with Gasteiger partial charge in [0.1, 0.15) is 0 Å². The molecule has 0 spiro atoms. The average molecular weight is 177 g/mol. The Morgan fingerprint density at radius 1 is 1.50 bits per heavy atom. The van der Waals surface area contributed by atoms with Crippen LogP contribution in [0.25, 0.3) is 0 Å². The van der Waals surface area contributed by atoms with Crippen LogP contribution in [0.3, 0.4) is 0 Å². The number of hydrogen-bond donors (Lipinski definition) is 0. The molecule has 0 aliphatic heterocycles. The molecule has 2 rings (SSSR count). The fourth-order valence-electron chi connectivity index (χ4n) is 1.81. The summed E-state index contributed by atoms with van der Waals surface area (Å²) in [4.78, 5) is 1.46. The maximum absolute atomic E-state index is 8.47. The van der Waals surface area contributed by atoms with Gasteiger partial charge in [-0.2, -0.15) is 5.26 Å². The predicted octanol–water partition coefficient (Wildman–Crippen LogP) is 2.69. The second kappa shape index (κ2) is 3.28. The highest BCUT2D eigenvalue weighted by molar-refractivity contribution is 7.10. The van der Waals surface area contributed by atoms with E-state index < -0.39 is 0 Å². The minimum Gasteiger partial charge on any atom is -0.198 e. The summed E-state index contributed by atoms with van der Waals surface area (Å²) >= 11 is 1.84. The summed E-state index contributed by atoms with van der Waals surface area (Å²) < 4.78 is 0. The monoisotopic (exact) mass is 177 g/mol. The Kier molecular flexibility index (Phi) is 2.14. The van der Waals surface area contributed by atoms with Gasteiger partial charge < -0.3 is 0 Å². The largest absolute Gasteiger partial charge is 0.198 e. The molecule has 0 N–H and O–H groups in total. The summed E-state index contributed by atoms with van der Waals surface area (Å²) in [6.45, 7) is 0. The summed E-state index contributed by atoms with van der Waals surface area (Å²) in [6.07, 6.45) is 5.47. The third-order valence-electron chi connectivity index (χ3n) is 2.40. The van der Waals surface area contributed by atoms with Crippen LogP contribution < -0.4 is 0 Å². The number of nitrogens with zero attached hydrogens (tertiary/aromatic N) is 1. The van der Waals surface area contributed by atoms with Crippen LogP contribution in [0.2, 0.25) is 0 Å². The van der Waals surface area contributed by atoms with Crippen molar-refractivity contribution in [3.05, 3.63) is 21.4 Å². The van der Waals surface area contributed by atoms with Crippen molar-refractivity contribution in [2.75, 3.05) is 0 Å². The molecule has 0 radical (unpaired) electrons. The van der Waals surface area contributed by atoms with E-state index in [1.807, 2.05) is 11.3 Å². The van der Waals surface area contributed by atoms with Crippen LogP contribution >= 0.6 is 11.3 Å². The molecule has 0 aromatic carbocycles. The Bertz CT molecular complexity index is 319. The zero-order valence-corrected chi connectivity index (χ0v) is 7.78. The summed E-state index contributed by atoms with van der Waals surface area (Å²) in [6, 6.07) is 2.20. The van der Waals surface area contributed by atoms with Gasteiger partial charge in [-0.25, -0.2) is 0 Å². The molecule has 0 amide bonds. The van der Waals surface area contributed by atoms with Crippen molar-refractivity contribution in [3.63, 3.8) is 0 Å². The lowest BCUT2D eigenvalue weighted by Crippen LogP contribution is -1.84. The van der Waals surface area contributed by atoms with Crippen molar-refractivity contribution in [1.29, 1.82) is 5.26 Å². The summed E-state index contributed by atoms with van der Waals surface area (Å²) in [5, 5.41) is 10.7. The number of rotatable bonds is 2. The van der Waals surface area contributed by atoms with Gasteiger partial charge in [-0.3, -0.25) is 0 Å². The van der Waals surface area contributed by atoms with Gasteiger partial charge in [0.2, 0.25) is 0 Å². The average Bonchev–Trinajstić information content (AvgIpc) is 2.62. The van der Waals surface area contributed by atoms with Crippen LogP contribution in [0.15, 0.2) is 5.38 Å². The van der Waals surface area contributed by atoms with Gasteiger partial charge >= 0.3 is 0 Å². The first-order valence-electron chi connectivity index (χ1n) is 4.37. The Morgan fingerprint density at radius 3 is 3.25 bits per heavy atom. The number of hydrogen-bond acceptors (Lipinski definition) is 2. The predicted molar refractivity (Wildman–Crippen MR) is 50.3 cm³/mol. The second-order valence-electron chi connectivity index (χ2n) is 3.17. The molecule has 0 fully saturated rings. The number of fused-ring (bicyclic) bond motifs is 1. The molecule has 0 unspecified atom stereocenters. The van der Waals surface area contributed by atoms with Crippen LogP contribution in [-0.4, -0.2) is 0 Å². The van der Waals surface area contributed by atoms with Gasteiger partial charge in [-0.15, -0.1) is 11.3 Å². The third kappa shape index (κ3) is 1.25. The quantitative estimate of drug-likeness (QED) is 0.681. The zero-order valence-electron chi connectivity index (χ0n) is 6.97. The smallest absolute Gasteiger partial charge is 0.0625 e. The molecule has 62 valence electrons. The van der Waals surface area contributed by atoms with Crippen LogP contribution in [-0.2, 0) is 19.3 Å². The van der Waals surface area contributed by atoms with Gasteiger partial charge in [-0.05, 0) is 42.2 Å². The first-order valence-corrected chi connectivity index (χ1v) is 5.25. The number of thiophene rings is 1. The lowest BCUT2D eigenvalue weighted by Gasteiger charge is -1.95. The molecule has 1 aliphatic rings. The summed E-state index contributed by atoms with van der Waals surface area (Å²) in [5.41, 5.74) is 3.11. The van der Waals surface area contributed by atoms with E-state index in [9.17, 15) is 0 Å². The lowest BCUT2D eigenvalue weighted by atomic mass is 10.1. The lowest BCUT2D eigenvalue weighted by molar-refractivity contribution is 0.901. The number of aryl methyl sites for hydroxylation is 2. The number of nitriles is 1. The highest BCUT2D eigenvalue weighted by Crippen LogP contribution is 2.31. The van der Waals surface area contributed by atoms with E-state index in [0.29, 0.717) is 6.42 Å². The molecular weight excluding hydrogens is 166 g/mol. The van der Waals surface area contributed by atoms with Gasteiger partial charge in [0.25, 0.3) is 0 Å². The minimum absolute atomic E-state index is 0.674. The highest BCUT2D eigenvalue weighted by atomic mass is 32.1. The summed E-state index contributed by atoms with van der Waals surface area (Å²) in [5.74, 6) is 0. The Morgan fingerprint density at radius 2 is 2.42 bits per heavy atom. The Balaban J connectivity index is 2.17. The highest BCUT2D eigenvalue weighted by Gasteiger charge is 2.15. The normalized spacial score (nSPS) is 14.2. The minimum atomic E-state index is 0.674. The Hall–Kier alpha value is -0.810. The summed E-state index contributed by atoms with van der Waals surface area (Å²) in [7, 11) is 0. The molecule has 1 aromatic rings. The van der Waals surface area contributed by atoms with Gasteiger partial charge in [0.05, 0.1) is 6.07 Å². The van der Waals surface area contributed by atoms with E-state index in [1.54, 1.807) is 11.1 Å². The van der Waals surface area contributed by atoms with E-state index in [-0.39, 0.29) is 0 Å². The molecular formula is C10H11NS. The van der Waals surface area contributed by atoms with E-state index in [1.165, 1.54) is 24.1 Å². The molecule has 1 aliphatic carbocycles. The Labute approximate surface area is 76.6 Å². The first kappa shape index (κ1) is 7.82. The topological polar surface area (TPSA) is 23.8 Å². The molecule has 1 heterocycles. The fraction of sp³-hybridized carbons (Fsp3) is 0.500. The molecule has 0 atom stereocenters. The van der Waals surface area contributed by atoms with Crippen molar-refractivity contribution in [2.45, 2.75) is 32.1 Å². The molecule has 2 heteroatoms. The molecule has 0 saturated carbocycles. The van der Waals surface area contributed by atoms with Gasteiger partial charge in [0, 0.05) is 11.3 Å². The van der Waals surface area contributed by atoms with Crippen molar-refractivity contribution in [1.82, 2.24) is 0 Å². The molecule has 0 bridgehead atoms. The van der Waals surface area contributed by atoms with Crippen LogP contribution in [0.5, 0.6) is 0 Å². The fourth-order valence-corrected chi connectivity index (χ4v) is 2.95. The third-order valence-corrected chi connectivity index (χ3v) is 3.54. The molecule has 12 heavy (non-hydrogen) atoms. The van der Waals surface area contributed by atoms with Crippen LogP contribution in [0.1, 0.15) is 28.8 Å². The van der Waals surface area contributed by atoms with Gasteiger partial charge in [0.15, 0.2) is 0 Å². The maximum Gasteiger partial charge on any atom is 0.0625 e. The van der Waals surface area contributed by atoms with Crippen LogP contribution in [0, 0.1) is 11.3 Å². The van der Waals surface area contributed by atoms with E-state index in [4.69, 9.17) is 5.26 Å². The molecule has 1 aromatic heterocycles.